The third-order valence-electron chi connectivity index (χ3n) is 6.79. The SMILES string of the molecule is C[C@H](NC(=O)C12CC3CC(CC(C3)C1)C2)C(=O)Nc1cccc(S(C)(=O)=O)c1. The molecule has 4 aliphatic rings. The number of benzene rings is 1. The molecule has 0 aliphatic heterocycles. The molecule has 1 atom stereocenters. The maximum Gasteiger partial charge on any atom is 0.246 e. The number of sulfone groups is 1. The van der Waals surface area contributed by atoms with Gasteiger partial charge in [0.25, 0.3) is 0 Å². The van der Waals surface area contributed by atoms with Crippen molar-refractivity contribution in [2.45, 2.75) is 56.4 Å². The van der Waals surface area contributed by atoms with E-state index in [1.165, 1.54) is 31.4 Å². The summed E-state index contributed by atoms with van der Waals surface area (Å²) < 4.78 is 23.4. The topological polar surface area (TPSA) is 92.3 Å². The zero-order chi connectivity index (χ0) is 20.1. The number of hydrogen-bond acceptors (Lipinski definition) is 4. The fourth-order valence-corrected chi connectivity index (χ4v) is 6.53. The minimum atomic E-state index is -3.35. The lowest BCUT2D eigenvalue weighted by Crippen LogP contribution is -2.56. The highest BCUT2D eigenvalue weighted by molar-refractivity contribution is 7.90. The van der Waals surface area contributed by atoms with Crippen molar-refractivity contribution >= 4 is 27.3 Å². The maximum atomic E-state index is 13.1. The van der Waals surface area contributed by atoms with Gasteiger partial charge in [-0.2, -0.15) is 0 Å². The first kappa shape index (κ1) is 19.4. The number of amides is 2. The van der Waals surface area contributed by atoms with E-state index in [0.29, 0.717) is 23.4 Å². The predicted octanol–water partition coefficient (Wildman–Crippen LogP) is 2.75. The van der Waals surface area contributed by atoms with Crippen LogP contribution in [0.4, 0.5) is 5.69 Å². The summed E-state index contributed by atoms with van der Waals surface area (Å²) >= 11 is 0. The van der Waals surface area contributed by atoms with E-state index in [2.05, 4.69) is 10.6 Å². The summed E-state index contributed by atoms with van der Waals surface area (Å²) in [6.07, 6.45) is 7.78. The number of rotatable bonds is 5. The fraction of sp³-hybridized carbons (Fsp3) is 0.619. The standard InChI is InChI=1S/C21H28N2O4S/c1-13(19(24)23-17-4-3-5-18(9-17)28(2,26)27)22-20(25)21-10-14-6-15(11-21)8-16(7-14)12-21/h3-5,9,13-16H,6-8,10-12H2,1-2H3,(H,22,25)(H,23,24)/t13-,14?,15?,16?,21?/m0/s1. The summed E-state index contributed by atoms with van der Waals surface area (Å²) in [5.74, 6) is 1.67. The van der Waals surface area contributed by atoms with Crippen LogP contribution < -0.4 is 10.6 Å². The van der Waals surface area contributed by atoms with Crippen LogP contribution in [0, 0.1) is 23.2 Å². The summed E-state index contributed by atoms with van der Waals surface area (Å²) in [5.41, 5.74) is 0.114. The van der Waals surface area contributed by atoms with Crippen molar-refractivity contribution in [1.82, 2.24) is 5.32 Å². The van der Waals surface area contributed by atoms with E-state index in [1.54, 1.807) is 19.1 Å². The molecule has 0 heterocycles. The smallest absolute Gasteiger partial charge is 0.246 e. The Morgan fingerprint density at radius 1 is 1.07 bits per heavy atom. The predicted molar refractivity (Wildman–Crippen MR) is 106 cm³/mol. The third kappa shape index (κ3) is 3.69. The summed E-state index contributed by atoms with van der Waals surface area (Å²) in [5, 5.41) is 5.65. The summed E-state index contributed by atoms with van der Waals surface area (Å²) in [6.45, 7) is 1.67. The zero-order valence-electron chi connectivity index (χ0n) is 16.4. The molecule has 4 aliphatic carbocycles. The van der Waals surface area contributed by atoms with E-state index >= 15 is 0 Å². The first-order valence-corrected chi connectivity index (χ1v) is 12.0. The number of anilines is 1. The molecule has 1 aromatic rings. The van der Waals surface area contributed by atoms with Gasteiger partial charge in [-0.05, 0) is 81.4 Å². The monoisotopic (exact) mass is 404 g/mol. The van der Waals surface area contributed by atoms with E-state index in [9.17, 15) is 18.0 Å². The lowest BCUT2D eigenvalue weighted by molar-refractivity contribution is -0.147. The molecule has 4 fully saturated rings. The first-order valence-electron chi connectivity index (χ1n) is 10.1. The molecule has 4 bridgehead atoms. The summed E-state index contributed by atoms with van der Waals surface area (Å²) in [7, 11) is -3.35. The van der Waals surface area contributed by atoms with Crippen LogP contribution >= 0.6 is 0 Å². The van der Waals surface area contributed by atoms with Crippen molar-refractivity contribution in [3.05, 3.63) is 24.3 Å². The molecule has 1 aromatic carbocycles. The van der Waals surface area contributed by atoms with Crippen LogP contribution in [0.5, 0.6) is 0 Å². The van der Waals surface area contributed by atoms with Crippen LogP contribution in [0.1, 0.15) is 45.4 Å². The van der Waals surface area contributed by atoms with Crippen LogP contribution in [0.3, 0.4) is 0 Å². The van der Waals surface area contributed by atoms with E-state index in [1.807, 2.05) is 0 Å². The lowest BCUT2D eigenvalue weighted by atomic mass is 9.49. The van der Waals surface area contributed by atoms with Gasteiger partial charge >= 0.3 is 0 Å². The van der Waals surface area contributed by atoms with Crippen molar-refractivity contribution in [2.24, 2.45) is 23.2 Å². The molecule has 7 heteroatoms. The maximum absolute atomic E-state index is 13.1. The second-order valence-electron chi connectivity index (χ2n) is 9.18. The molecule has 2 amide bonds. The van der Waals surface area contributed by atoms with Gasteiger partial charge < -0.3 is 10.6 Å². The van der Waals surface area contributed by atoms with Crippen molar-refractivity contribution < 1.29 is 18.0 Å². The molecule has 2 N–H and O–H groups in total. The normalized spacial score (nSPS) is 32.0. The van der Waals surface area contributed by atoms with Crippen molar-refractivity contribution in [3.8, 4) is 0 Å². The quantitative estimate of drug-likeness (QED) is 0.789. The van der Waals surface area contributed by atoms with Crippen LogP contribution in [0.25, 0.3) is 0 Å². The molecule has 6 nitrogen and oxygen atoms in total. The lowest BCUT2D eigenvalue weighted by Gasteiger charge is -2.55. The van der Waals surface area contributed by atoms with Gasteiger partial charge in [0.15, 0.2) is 9.84 Å². The third-order valence-corrected chi connectivity index (χ3v) is 7.90. The molecule has 4 saturated carbocycles. The highest BCUT2D eigenvalue weighted by Crippen LogP contribution is 2.60. The van der Waals surface area contributed by atoms with E-state index in [-0.39, 0.29) is 22.1 Å². The van der Waals surface area contributed by atoms with Gasteiger partial charge in [0.2, 0.25) is 11.8 Å². The van der Waals surface area contributed by atoms with Gasteiger partial charge in [-0.1, -0.05) is 6.07 Å². The second kappa shape index (κ2) is 6.87. The Morgan fingerprint density at radius 3 is 2.18 bits per heavy atom. The van der Waals surface area contributed by atoms with E-state index in [4.69, 9.17) is 0 Å². The van der Waals surface area contributed by atoms with Crippen LogP contribution in [-0.2, 0) is 19.4 Å². The van der Waals surface area contributed by atoms with Crippen molar-refractivity contribution in [1.29, 1.82) is 0 Å². The van der Waals surface area contributed by atoms with E-state index in [0.717, 1.165) is 25.5 Å². The Bertz CT molecular complexity index is 873. The number of carbonyl (C=O) groups excluding carboxylic acids is 2. The summed E-state index contributed by atoms with van der Waals surface area (Å²) in [6, 6.07) is 5.47. The summed E-state index contributed by atoms with van der Waals surface area (Å²) in [4.78, 5) is 25.8. The molecule has 0 unspecified atom stereocenters. The molecular formula is C21H28N2O4S. The minimum Gasteiger partial charge on any atom is -0.344 e. The number of carbonyl (C=O) groups is 2. The van der Waals surface area contributed by atoms with Crippen LogP contribution in [0.2, 0.25) is 0 Å². The minimum absolute atomic E-state index is 0.0131. The average Bonchev–Trinajstić information content (AvgIpc) is 2.60. The second-order valence-corrected chi connectivity index (χ2v) is 11.2. The Balaban J connectivity index is 1.40. The molecular weight excluding hydrogens is 376 g/mol. The largest absolute Gasteiger partial charge is 0.344 e. The number of hydrogen-bond donors (Lipinski definition) is 2. The first-order chi connectivity index (χ1) is 13.1. The Hall–Kier alpha value is -1.89. The van der Waals surface area contributed by atoms with Crippen LogP contribution in [-0.4, -0.2) is 32.5 Å². The van der Waals surface area contributed by atoms with Gasteiger partial charge in [-0.3, -0.25) is 9.59 Å². The van der Waals surface area contributed by atoms with Crippen LogP contribution in [0.15, 0.2) is 29.2 Å². The Kier molecular flexibility index (Phi) is 4.76. The van der Waals surface area contributed by atoms with Crippen molar-refractivity contribution in [3.63, 3.8) is 0 Å². The molecule has 5 rings (SSSR count). The number of nitrogens with one attached hydrogen (secondary N) is 2. The molecule has 152 valence electrons. The fourth-order valence-electron chi connectivity index (χ4n) is 5.86. The van der Waals surface area contributed by atoms with Gasteiger partial charge in [0.1, 0.15) is 6.04 Å². The highest BCUT2D eigenvalue weighted by atomic mass is 32.2. The Labute approximate surface area is 166 Å². The molecule has 0 radical (unpaired) electrons. The highest BCUT2D eigenvalue weighted by Gasteiger charge is 2.54. The average molecular weight is 405 g/mol. The molecule has 0 aromatic heterocycles. The van der Waals surface area contributed by atoms with Gasteiger partial charge in [-0.15, -0.1) is 0 Å². The Morgan fingerprint density at radius 2 is 1.64 bits per heavy atom. The zero-order valence-corrected chi connectivity index (χ0v) is 17.2. The molecule has 28 heavy (non-hydrogen) atoms. The van der Waals surface area contributed by atoms with Gasteiger partial charge in [0, 0.05) is 17.4 Å². The molecule has 0 spiro atoms. The van der Waals surface area contributed by atoms with Gasteiger partial charge in [0.05, 0.1) is 4.90 Å². The van der Waals surface area contributed by atoms with E-state index < -0.39 is 15.9 Å². The van der Waals surface area contributed by atoms with Crippen molar-refractivity contribution in [2.75, 3.05) is 11.6 Å². The van der Waals surface area contributed by atoms with Gasteiger partial charge in [-0.25, -0.2) is 8.42 Å². The molecule has 0 saturated heterocycles.